The molecule has 1 heterocycles. The van der Waals surface area contributed by atoms with Crippen LogP contribution >= 0.6 is 0 Å². The Labute approximate surface area is 84.3 Å². The van der Waals surface area contributed by atoms with E-state index >= 15 is 0 Å². The molecule has 1 unspecified atom stereocenters. The topological polar surface area (TPSA) is 75.3 Å². The van der Waals surface area contributed by atoms with Gasteiger partial charge in [-0.15, -0.1) is 0 Å². The number of hydrogen-bond donors (Lipinski definition) is 2. The van der Waals surface area contributed by atoms with E-state index in [9.17, 15) is 13.2 Å². The lowest BCUT2D eigenvalue weighted by molar-refractivity contribution is -0.124. The van der Waals surface area contributed by atoms with Crippen molar-refractivity contribution in [2.24, 2.45) is 11.8 Å². The van der Waals surface area contributed by atoms with E-state index in [1.807, 2.05) is 0 Å². The number of sulfonamides is 1. The zero-order valence-corrected chi connectivity index (χ0v) is 9.23. The van der Waals surface area contributed by atoms with Gasteiger partial charge in [0, 0.05) is 5.92 Å². The molecule has 6 heteroatoms. The van der Waals surface area contributed by atoms with Gasteiger partial charge in [0.15, 0.2) is 0 Å². The highest BCUT2D eigenvalue weighted by Crippen LogP contribution is 2.15. The molecule has 0 aromatic heterocycles. The van der Waals surface area contributed by atoms with Crippen molar-refractivity contribution < 1.29 is 13.2 Å². The molecule has 2 N–H and O–H groups in total. The van der Waals surface area contributed by atoms with Crippen molar-refractivity contribution >= 4 is 15.9 Å². The first-order chi connectivity index (χ1) is 6.46. The number of hydrogen-bond acceptors (Lipinski definition) is 4. The summed E-state index contributed by atoms with van der Waals surface area (Å²) >= 11 is 0. The number of rotatable bonds is 4. The van der Waals surface area contributed by atoms with Crippen LogP contribution in [0.5, 0.6) is 0 Å². The predicted octanol–water partition coefficient (Wildman–Crippen LogP) is -0.692. The van der Waals surface area contributed by atoms with Crippen molar-refractivity contribution in [2.45, 2.75) is 13.8 Å². The molecule has 1 amide bonds. The fourth-order valence-corrected chi connectivity index (χ4v) is 1.83. The number of carbonyl (C=O) groups excluding carboxylic acids is 1. The van der Waals surface area contributed by atoms with Crippen LogP contribution in [0.25, 0.3) is 0 Å². The first kappa shape index (κ1) is 11.5. The quantitative estimate of drug-likeness (QED) is 0.657. The molecule has 0 aromatic rings. The summed E-state index contributed by atoms with van der Waals surface area (Å²) in [7, 11) is -3.40. The van der Waals surface area contributed by atoms with Gasteiger partial charge in [0.05, 0.1) is 5.75 Å². The van der Waals surface area contributed by atoms with E-state index in [4.69, 9.17) is 0 Å². The lowest BCUT2D eigenvalue weighted by Gasteiger charge is -2.31. The van der Waals surface area contributed by atoms with E-state index in [1.54, 1.807) is 6.92 Å². The average molecular weight is 220 g/mol. The van der Waals surface area contributed by atoms with Gasteiger partial charge in [-0.1, -0.05) is 6.92 Å². The maximum absolute atomic E-state index is 11.4. The summed E-state index contributed by atoms with van der Waals surface area (Å²) < 4.78 is 24.3. The minimum Gasteiger partial charge on any atom is -0.316 e. The van der Waals surface area contributed by atoms with E-state index in [1.165, 1.54) is 6.92 Å². The molecule has 0 aliphatic carbocycles. The highest BCUT2D eigenvalue weighted by atomic mass is 32.2. The molecule has 82 valence electrons. The summed E-state index contributed by atoms with van der Waals surface area (Å²) in [5.41, 5.74) is 0. The van der Waals surface area contributed by atoms with Gasteiger partial charge in [0.25, 0.3) is 0 Å². The van der Waals surface area contributed by atoms with Gasteiger partial charge in [-0.3, -0.25) is 9.52 Å². The van der Waals surface area contributed by atoms with E-state index in [-0.39, 0.29) is 17.6 Å². The van der Waals surface area contributed by atoms with E-state index in [0.717, 1.165) is 13.1 Å². The van der Waals surface area contributed by atoms with Crippen LogP contribution in [0.15, 0.2) is 0 Å². The fraction of sp³-hybridized carbons (Fsp3) is 0.875. The lowest BCUT2D eigenvalue weighted by Crippen LogP contribution is -2.50. The Kier molecular flexibility index (Phi) is 3.49. The van der Waals surface area contributed by atoms with Crippen LogP contribution in [-0.4, -0.2) is 33.2 Å². The third kappa shape index (κ3) is 2.68. The minimum absolute atomic E-state index is 0.0611. The number of nitrogens with one attached hydrogen (secondary N) is 2. The van der Waals surface area contributed by atoms with Gasteiger partial charge in [0.2, 0.25) is 15.9 Å². The van der Waals surface area contributed by atoms with Gasteiger partial charge < -0.3 is 5.32 Å². The van der Waals surface area contributed by atoms with Crippen LogP contribution in [-0.2, 0) is 14.8 Å². The van der Waals surface area contributed by atoms with Crippen LogP contribution in [0.4, 0.5) is 0 Å². The summed E-state index contributed by atoms with van der Waals surface area (Å²) in [5, 5.41) is 3.04. The SMILES string of the molecule is CCS(=O)(=O)NC(=O)C(C)C1CNC1. The van der Waals surface area contributed by atoms with Gasteiger partial charge in [-0.25, -0.2) is 8.42 Å². The summed E-state index contributed by atoms with van der Waals surface area (Å²) in [5.74, 6) is -0.424. The van der Waals surface area contributed by atoms with Crippen molar-refractivity contribution in [1.82, 2.24) is 10.0 Å². The molecule has 1 fully saturated rings. The molecule has 0 saturated carbocycles. The molecule has 0 bridgehead atoms. The Morgan fingerprint density at radius 3 is 2.50 bits per heavy atom. The Balaban J connectivity index is 2.49. The largest absolute Gasteiger partial charge is 0.316 e. The molecular formula is C8H16N2O3S. The molecule has 1 saturated heterocycles. The molecule has 14 heavy (non-hydrogen) atoms. The smallest absolute Gasteiger partial charge is 0.236 e. The highest BCUT2D eigenvalue weighted by Gasteiger charge is 2.30. The van der Waals surface area contributed by atoms with Crippen molar-refractivity contribution in [3.63, 3.8) is 0 Å². The lowest BCUT2D eigenvalue weighted by atomic mass is 9.89. The Morgan fingerprint density at radius 1 is 1.57 bits per heavy atom. The molecule has 1 atom stereocenters. The van der Waals surface area contributed by atoms with Gasteiger partial charge in [0.1, 0.15) is 0 Å². The molecule has 1 rings (SSSR count). The summed E-state index contributed by atoms with van der Waals surface area (Å²) in [6.07, 6.45) is 0. The number of amides is 1. The highest BCUT2D eigenvalue weighted by molar-refractivity contribution is 7.90. The zero-order valence-electron chi connectivity index (χ0n) is 8.41. The van der Waals surface area contributed by atoms with E-state index in [2.05, 4.69) is 10.0 Å². The normalized spacial score (nSPS) is 19.9. The first-order valence-electron chi connectivity index (χ1n) is 4.71. The molecular weight excluding hydrogens is 204 g/mol. The monoisotopic (exact) mass is 220 g/mol. The van der Waals surface area contributed by atoms with E-state index in [0.29, 0.717) is 0 Å². The Bertz CT molecular complexity index is 309. The van der Waals surface area contributed by atoms with Gasteiger partial charge >= 0.3 is 0 Å². The third-order valence-corrected chi connectivity index (χ3v) is 3.84. The van der Waals surface area contributed by atoms with Crippen LogP contribution < -0.4 is 10.0 Å². The molecule has 0 radical (unpaired) electrons. The van der Waals surface area contributed by atoms with Crippen LogP contribution in [0.3, 0.4) is 0 Å². The maximum atomic E-state index is 11.4. The van der Waals surface area contributed by atoms with Crippen molar-refractivity contribution in [3.8, 4) is 0 Å². The predicted molar refractivity (Wildman–Crippen MR) is 53.1 cm³/mol. The van der Waals surface area contributed by atoms with Crippen LogP contribution in [0.2, 0.25) is 0 Å². The summed E-state index contributed by atoms with van der Waals surface area (Å²) in [6, 6.07) is 0. The standard InChI is InChI=1S/C8H16N2O3S/c1-3-14(12,13)10-8(11)6(2)7-4-9-5-7/h6-7,9H,3-5H2,1-2H3,(H,10,11). The van der Waals surface area contributed by atoms with Crippen LogP contribution in [0.1, 0.15) is 13.8 Å². The second-order valence-electron chi connectivity index (χ2n) is 3.58. The Morgan fingerprint density at radius 2 is 2.14 bits per heavy atom. The molecule has 0 spiro atoms. The average Bonchev–Trinajstić information content (AvgIpc) is 2.00. The Hall–Kier alpha value is -0.620. The van der Waals surface area contributed by atoms with Gasteiger partial charge in [-0.05, 0) is 25.9 Å². The summed E-state index contributed by atoms with van der Waals surface area (Å²) in [4.78, 5) is 11.4. The first-order valence-corrected chi connectivity index (χ1v) is 6.36. The zero-order chi connectivity index (χ0) is 10.8. The molecule has 0 aromatic carbocycles. The number of carbonyl (C=O) groups is 1. The summed E-state index contributed by atoms with van der Waals surface area (Å²) in [6.45, 7) is 4.85. The fourth-order valence-electron chi connectivity index (χ4n) is 1.20. The molecule has 1 aliphatic heterocycles. The van der Waals surface area contributed by atoms with Crippen molar-refractivity contribution in [1.29, 1.82) is 0 Å². The second kappa shape index (κ2) is 4.27. The minimum atomic E-state index is -3.40. The second-order valence-corrected chi connectivity index (χ2v) is 5.59. The van der Waals surface area contributed by atoms with Crippen LogP contribution in [0, 0.1) is 11.8 Å². The maximum Gasteiger partial charge on any atom is 0.236 e. The van der Waals surface area contributed by atoms with E-state index < -0.39 is 15.9 Å². The van der Waals surface area contributed by atoms with Gasteiger partial charge in [-0.2, -0.15) is 0 Å². The third-order valence-electron chi connectivity index (χ3n) is 2.57. The van der Waals surface area contributed by atoms with Crippen molar-refractivity contribution in [3.05, 3.63) is 0 Å². The van der Waals surface area contributed by atoms with Crippen molar-refractivity contribution in [2.75, 3.05) is 18.8 Å². The molecule has 1 aliphatic rings. The molecule has 5 nitrogen and oxygen atoms in total.